The first-order valence-corrected chi connectivity index (χ1v) is 7.37. The van der Waals surface area contributed by atoms with Gasteiger partial charge in [0.2, 0.25) is 0 Å². The highest BCUT2D eigenvalue weighted by Crippen LogP contribution is 2.32. The Bertz CT molecular complexity index is 361. The van der Waals surface area contributed by atoms with Crippen molar-refractivity contribution < 1.29 is 0 Å². The number of piperidine rings is 1. The molecule has 2 atom stereocenters. The SMILES string of the molecule is Cc1csc(C2C(N)CCCN2CC(C)C)n1. The number of hydrogen-bond acceptors (Lipinski definition) is 4. The van der Waals surface area contributed by atoms with Gasteiger partial charge in [0, 0.05) is 23.7 Å². The van der Waals surface area contributed by atoms with Crippen LogP contribution in [0.3, 0.4) is 0 Å². The third kappa shape index (κ3) is 3.06. The maximum absolute atomic E-state index is 6.31. The summed E-state index contributed by atoms with van der Waals surface area (Å²) < 4.78 is 0. The standard InChI is InChI=1S/C13H23N3S/c1-9(2)7-16-6-4-5-11(14)12(16)13-15-10(3)8-17-13/h8-9,11-12H,4-7,14H2,1-3H3. The second-order valence-corrected chi connectivity index (χ2v) is 6.36. The molecule has 0 bridgehead atoms. The van der Waals surface area contributed by atoms with Crippen LogP contribution in [0, 0.1) is 12.8 Å². The second-order valence-electron chi connectivity index (χ2n) is 5.47. The Balaban J connectivity index is 2.18. The fourth-order valence-electron chi connectivity index (χ4n) is 2.62. The third-order valence-electron chi connectivity index (χ3n) is 3.27. The van der Waals surface area contributed by atoms with Crippen LogP contribution in [0.25, 0.3) is 0 Å². The molecule has 2 N–H and O–H groups in total. The van der Waals surface area contributed by atoms with Crippen LogP contribution in [0.4, 0.5) is 0 Å². The van der Waals surface area contributed by atoms with Crippen molar-refractivity contribution in [1.82, 2.24) is 9.88 Å². The molecule has 0 amide bonds. The van der Waals surface area contributed by atoms with Crippen LogP contribution in [-0.2, 0) is 0 Å². The molecule has 1 aliphatic rings. The Kier molecular flexibility index (Phi) is 4.17. The van der Waals surface area contributed by atoms with Gasteiger partial charge in [0.1, 0.15) is 5.01 Å². The fourth-order valence-corrected chi connectivity index (χ4v) is 3.62. The van der Waals surface area contributed by atoms with Gasteiger partial charge in [-0.3, -0.25) is 4.90 Å². The molecule has 3 nitrogen and oxygen atoms in total. The van der Waals surface area contributed by atoms with Crippen molar-refractivity contribution >= 4 is 11.3 Å². The number of likely N-dealkylation sites (tertiary alicyclic amines) is 1. The highest BCUT2D eigenvalue weighted by atomic mass is 32.1. The van der Waals surface area contributed by atoms with Crippen LogP contribution < -0.4 is 5.73 Å². The normalized spacial score (nSPS) is 26.6. The van der Waals surface area contributed by atoms with Crippen LogP contribution in [0.2, 0.25) is 0 Å². The second kappa shape index (κ2) is 5.46. The summed E-state index contributed by atoms with van der Waals surface area (Å²) in [6.07, 6.45) is 2.34. The molecule has 0 spiro atoms. The highest BCUT2D eigenvalue weighted by Gasteiger charge is 2.32. The average molecular weight is 253 g/mol. The largest absolute Gasteiger partial charge is 0.326 e. The number of aryl methyl sites for hydroxylation is 1. The Labute approximate surface area is 108 Å². The molecule has 1 aliphatic heterocycles. The highest BCUT2D eigenvalue weighted by molar-refractivity contribution is 7.09. The van der Waals surface area contributed by atoms with Gasteiger partial charge < -0.3 is 5.73 Å². The average Bonchev–Trinajstić information content (AvgIpc) is 2.64. The predicted molar refractivity (Wildman–Crippen MR) is 73.2 cm³/mol. The van der Waals surface area contributed by atoms with Gasteiger partial charge in [0.25, 0.3) is 0 Å². The monoisotopic (exact) mass is 253 g/mol. The lowest BCUT2D eigenvalue weighted by Crippen LogP contribution is -2.47. The van der Waals surface area contributed by atoms with Gasteiger partial charge in [-0.1, -0.05) is 13.8 Å². The third-order valence-corrected chi connectivity index (χ3v) is 4.30. The molecule has 1 fully saturated rings. The smallest absolute Gasteiger partial charge is 0.112 e. The van der Waals surface area contributed by atoms with E-state index in [1.54, 1.807) is 11.3 Å². The predicted octanol–water partition coefficient (Wildman–Crippen LogP) is 2.57. The van der Waals surface area contributed by atoms with Crippen LogP contribution in [0.5, 0.6) is 0 Å². The van der Waals surface area contributed by atoms with Gasteiger partial charge in [-0.25, -0.2) is 4.98 Å². The number of rotatable bonds is 3. The molecule has 1 aromatic rings. The lowest BCUT2D eigenvalue weighted by molar-refractivity contribution is 0.114. The lowest BCUT2D eigenvalue weighted by atomic mass is 9.96. The molecular formula is C13H23N3S. The van der Waals surface area contributed by atoms with E-state index in [2.05, 4.69) is 36.0 Å². The molecule has 2 heterocycles. The first kappa shape index (κ1) is 13.0. The van der Waals surface area contributed by atoms with E-state index in [1.165, 1.54) is 11.4 Å². The maximum Gasteiger partial charge on any atom is 0.112 e. The van der Waals surface area contributed by atoms with E-state index in [-0.39, 0.29) is 6.04 Å². The van der Waals surface area contributed by atoms with Gasteiger partial charge in [0.05, 0.1) is 6.04 Å². The minimum absolute atomic E-state index is 0.244. The molecule has 17 heavy (non-hydrogen) atoms. The molecule has 0 saturated carbocycles. The number of nitrogens with two attached hydrogens (primary N) is 1. The zero-order chi connectivity index (χ0) is 12.4. The van der Waals surface area contributed by atoms with Crippen LogP contribution in [0.15, 0.2) is 5.38 Å². The number of hydrogen-bond donors (Lipinski definition) is 1. The summed E-state index contributed by atoms with van der Waals surface area (Å²) in [4.78, 5) is 7.16. The Morgan fingerprint density at radius 1 is 1.59 bits per heavy atom. The zero-order valence-electron chi connectivity index (χ0n) is 11.0. The molecule has 0 radical (unpaired) electrons. The minimum Gasteiger partial charge on any atom is -0.326 e. The molecule has 2 unspecified atom stereocenters. The van der Waals surface area contributed by atoms with E-state index in [4.69, 9.17) is 5.73 Å². The summed E-state index contributed by atoms with van der Waals surface area (Å²) in [6.45, 7) is 8.88. The van der Waals surface area contributed by atoms with Gasteiger partial charge in [-0.2, -0.15) is 0 Å². The van der Waals surface area contributed by atoms with E-state index in [1.807, 2.05) is 0 Å². The van der Waals surface area contributed by atoms with Gasteiger partial charge in [-0.15, -0.1) is 11.3 Å². The summed E-state index contributed by atoms with van der Waals surface area (Å²) in [7, 11) is 0. The first-order chi connectivity index (χ1) is 8.08. The summed E-state index contributed by atoms with van der Waals surface area (Å²) >= 11 is 1.76. The van der Waals surface area contributed by atoms with Crippen molar-refractivity contribution in [1.29, 1.82) is 0 Å². The van der Waals surface area contributed by atoms with Crippen LogP contribution >= 0.6 is 11.3 Å². The van der Waals surface area contributed by atoms with E-state index >= 15 is 0 Å². The number of thiazole rings is 1. The Hall–Kier alpha value is -0.450. The van der Waals surface area contributed by atoms with Crippen LogP contribution in [-0.4, -0.2) is 29.0 Å². The molecule has 1 aromatic heterocycles. The van der Waals surface area contributed by atoms with Gasteiger partial charge in [-0.05, 0) is 32.2 Å². The molecule has 1 saturated heterocycles. The van der Waals surface area contributed by atoms with Gasteiger partial charge in [0.15, 0.2) is 0 Å². The van der Waals surface area contributed by atoms with Crippen molar-refractivity contribution in [3.63, 3.8) is 0 Å². The summed E-state index contributed by atoms with van der Waals surface area (Å²) in [5.74, 6) is 0.684. The molecule has 96 valence electrons. The maximum atomic E-state index is 6.31. The van der Waals surface area contributed by atoms with Crippen molar-refractivity contribution in [3.05, 3.63) is 16.1 Å². The summed E-state index contributed by atoms with van der Waals surface area (Å²) in [5, 5.41) is 3.33. The summed E-state index contributed by atoms with van der Waals surface area (Å²) in [5.41, 5.74) is 7.43. The Morgan fingerprint density at radius 2 is 2.35 bits per heavy atom. The molecule has 0 aliphatic carbocycles. The minimum atomic E-state index is 0.244. The Morgan fingerprint density at radius 3 is 2.94 bits per heavy atom. The van der Waals surface area contributed by atoms with E-state index < -0.39 is 0 Å². The van der Waals surface area contributed by atoms with E-state index in [9.17, 15) is 0 Å². The lowest BCUT2D eigenvalue weighted by Gasteiger charge is -2.39. The van der Waals surface area contributed by atoms with Crippen molar-refractivity contribution in [2.45, 2.75) is 45.7 Å². The van der Waals surface area contributed by atoms with E-state index in [0.717, 1.165) is 25.2 Å². The van der Waals surface area contributed by atoms with Crippen molar-refractivity contribution in [2.24, 2.45) is 11.7 Å². The quantitative estimate of drug-likeness (QED) is 0.900. The molecule has 2 rings (SSSR count). The van der Waals surface area contributed by atoms with E-state index in [0.29, 0.717) is 12.0 Å². The molecule has 4 heteroatoms. The molecule has 0 aromatic carbocycles. The fraction of sp³-hybridized carbons (Fsp3) is 0.769. The van der Waals surface area contributed by atoms with Gasteiger partial charge >= 0.3 is 0 Å². The first-order valence-electron chi connectivity index (χ1n) is 6.49. The topological polar surface area (TPSA) is 42.1 Å². The summed E-state index contributed by atoms with van der Waals surface area (Å²) in [6, 6.07) is 0.581. The van der Waals surface area contributed by atoms with Crippen LogP contribution in [0.1, 0.15) is 43.4 Å². The number of nitrogens with zero attached hydrogens (tertiary/aromatic N) is 2. The zero-order valence-corrected chi connectivity index (χ0v) is 11.8. The van der Waals surface area contributed by atoms with Crippen molar-refractivity contribution in [2.75, 3.05) is 13.1 Å². The van der Waals surface area contributed by atoms with Crippen molar-refractivity contribution in [3.8, 4) is 0 Å². The number of aromatic nitrogens is 1. The molecular weight excluding hydrogens is 230 g/mol.